The van der Waals surface area contributed by atoms with Gasteiger partial charge in [-0.05, 0) is 66.8 Å². The molecule has 1 aliphatic rings. The lowest BCUT2D eigenvalue weighted by Crippen LogP contribution is -2.51. The maximum atomic E-state index is 12.8. The van der Waals surface area contributed by atoms with Crippen LogP contribution in [-0.4, -0.2) is 57.2 Å². The van der Waals surface area contributed by atoms with Gasteiger partial charge in [0.2, 0.25) is 5.82 Å². The van der Waals surface area contributed by atoms with E-state index < -0.39 is 5.91 Å². The molecule has 37 heavy (non-hydrogen) atoms. The summed E-state index contributed by atoms with van der Waals surface area (Å²) in [5, 5.41) is 7.55. The number of nitrogens with two attached hydrogens (primary N) is 1. The quantitative estimate of drug-likeness (QED) is 0.428. The van der Waals surface area contributed by atoms with Crippen LogP contribution in [0.25, 0.3) is 16.8 Å². The third kappa shape index (κ3) is 5.44. The zero-order chi connectivity index (χ0) is 25.9. The molecule has 1 aliphatic heterocycles. The van der Waals surface area contributed by atoms with E-state index >= 15 is 0 Å². The van der Waals surface area contributed by atoms with E-state index in [0.29, 0.717) is 11.9 Å². The summed E-state index contributed by atoms with van der Waals surface area (Å²) in [7, 11) is 0. The second-order valence-corrected chi connectivity index (χ2v) is 9.48. The molecule has 3 N–H and O–H groups in total. The van der Waals surface area contributed by atoms with Gasteiger partial charge in [-0.3, -0.25) is 9.59 Å². The van der Waals surface area contributed by atoms with Crippen LogP contribution in [0.4, 0.5) is 0 Å². The molecule has 5 rings (SSSR count). The first-order valence-electron chi connectivity index (χ1n) is 12.4. The van der Waals surface area contributed by atoms with Gasteiger partial charge in [-0.15, -0.1) is 5.10 Å². The minimum atomic E-state index is -0.642. The number of piperazine rings is 1. The predicted octanol–water partition coefficient (Wildman–Crippen LogP) is 3.37. The van der Waals surface area contributed by atoms with Crippen LogP contribution in [0.5, 0.6) is 0 Å². The van der Waals surface area contributed by atoms with E-state index in [1.165, 1.54) is 5.56 Å². The molecular weight excluding hydrogens is 464 g/mol. The summed E-state index contributed by atoms with van der Waals surface area (Å²) in [6, 6.07) is 24.7. The number of aryl methyl sites for hydroxylation is 1. The lowest BCUT2D eigenvalue weighted by Gasteiger charge is -2.32. The first-order valence-corrected chi connectivity index (χ1v) is 12.4. The first kappa shape index (κ1) is 24.4. The van der Waals surface area contributed by atoms with Crippen molar-refractivity contribution in [1.29, 1.82) is 0 Å². The van der Waals surface area contributed by atoms with Crippen LogP contribution < -0.4 is 11.1 Å². The second kappa shape index (κ2) is 10.4. The molecule has 1 atom stereocenters. The number of hydrogen-bond acceptors (Lipinski definition) is 5. The fourth-order valence-corrected chi connectivity index (χ4v) is 4.65. The van der Waals surface area contributed by atoms with Gasteiger partial charge in [0.25, 0.3) is 11.8 Å². The number of carbonyl (C=O) groups excluding carboxylic acids is 2. The normalized spacial score (nSPS) is 15.5. The first-order chi connectivity index (χ1) is 17.9. The third-order valence-corrected chi connectivity index (χ3v) is 6.65. The van der Waals surface area contributed by atoms with Gasteiger partial charge in [0.15, 0.2) is 0 Å². The summed E-state index contributed by atoms with van der Waals surface area (Å²) in [4.78, 5) is 30.2. The molecule has 2 heterocycles. The molecule has 1 fully saturated rings. The Morgan fingerprint density at radius 1 is 0.946 bits per heavy atom. The standard InChI is InChI=1S/C29H30N6O2/c1-19-18-34(16-15-31-19)29(37)25-11-9-24(10-12-25)23-7-3-21(4-8-23)17-22-5-13-26(14-6-22)35-20(2)32-28(33-35)27(30)36/h3-14,19,31H,15-18H2,1-2H3,(H2,30,36)/t19-/m1/s1. The highest BCUT2D eigenvalue weighted by Crippen LogP contribution is 2.22. The summed E-state index contributed by atoms with van der Waals surface area (Å²) >= 11 is 0. The van der Waals surface area contributed by atoms with Crippen molar-refractivity contribution in [3.8, 4) is 16.8 Å². The average molecular weight is 495 g/mol. The molecule has 8 nitrogen and oxygen atoms in total. The molecule has 1 aromatic heterocycles. The number of nitrogens with zero attached hydrogens (tertiary/aromatic N) is 4. The van der Waals surface area contributed by atoms with E-state index in [0.717, 1.165) is 54.0 Å². The molecule has 0 spiro atoms. The number of nitrogens with one attached hydrogen (secondary N) is 1. The zero-order valence-electron chi connectivity index (χ0n) is 21.0. The van der Waals surface area contributed by atoms with Crippen molar-refractivity contribution in [3.05, 3.63) is 101 Å². The van der Waals surface area contributed by atoms with Crippen molar-refractivity contribution >= 4 is 11.8 Å². The Kier molecular flexibility index (Phi) is 6.83. The highest BCUT2D eigenvalue weighted by molar-refractivity contribution is 5.94. The van der Waals surface area contributed by atoms with Crippen LogP contribution in [0.1, 0.15) is 44.9 Å². The van der Waals surface area contributed by atoms with E-state index in [4.69, 9.17) is 5.73 Å². The molecule has 3 aromatic carbocycles. The largest absolute Gasteiger partial charge is 0.363 e. The predicted molar refractivity (Wildman–Crippen MR) is 143 cm³/mol. The number of rotatable bonds is 6. The SMILES string of the molecule is Cc1nc(C(N)=O)nn1-c1ccc(Cc2ccc(-c3ccc(C(=O)N4CCN[C@H](C)C4)cc3)cc2)cc1. The smallest absolute Gasteiger partial charge is 0.288 e. The summed E-state index contributed by atoms with van der Waals surface area (Å²) in [5.74, 6) is 0.0646. The van der Waals surface area contributed by atoms with E-state index in [9.17, 15) is 9.59 Å². The van der Waals surface area contributed by atoms with Crippen LogP contribution in [0.15, 0.2) is 72.8 Å². The molecule has 0 saturated carbocycles. The number of amides is 2. The highest BCUT2D eigenvalue weighted by atomic mass is 16.2. The van der Waals surface area contributed by atoms with Gasteiger partial charge < -0.3 is 16.0 Å². The Labute approximate surface area is 216 Å². The number of primary amides is 1. The second-order valence-electron chi connectivity index (χ2n) is 9.48. The van der Waals surface area contributed by atoms with Crippen molar-refractivity contribution in [2.75, 3.05) is 19.6 Å². The fraction of sp³-hybridized carbons (Fsp3) is 0.241. The van der Waals surface area contributed by atoms with Crippen molar-refractivity contribution in [3.63, 3.8) is 0 Å². The maximum absolute atomic E-state index is 12.8. The van der Waals surface area contributed by atoms with E-state index in [2.05, 4.69) is 46.6 Å². The van der Waals surface area contributed by atoms with Crippen molar-refractivity contribution < 1.29 is 9.59 Å². The topological polar surface area (TPSA) is 106 Å². The molecule has 188 valence electrons. The van der Waals surface area contributed by atoms with Gasteiger partial charge in [0.05, 0.1) is 5.69 Å². The maximum Gasteiger partial charge on any atom is 0.288 e. The molecule has 4 aromatic rings. The van der Waals surface area contributed by atoms with Crippen LogP contribution >= 0.6 is 0 Å². The number of aromatic nitrogens is 3. The molecule has 1 saturated heterocycles. The molecular formula is C29H30N6O2. The van der Waals surface area contributed by atoms with Crippen molar-refractivity contribution in [1.82, 2.24) is 25.0 Å². The number of carbonyl (C=O) groups is 2. The summed E-state index contributed by atoms with van der Waals surface area (Å²) in [6.07, 6.45) is 0.792. The molecule has 8 heteroatoms. The summed E-state index contributed by atoms with van der Waals surface area (Å²) in [5.41, 5.74) is 11.4. The minimum absolute atomic E-state index is 0.0112. The molecule has 2 amide bonds. The lowest BCUT2D eigenvalue weighted by molar-refractivity contribution is 0.0709. The Hall–Kier alpha value is -4.30. The molecule has 0 bridgehead atoms. The molecule has 0 aliphatic carbocycles. The Balaban J connectivity index is 1.23. The van der Waals surface area contributed by atoms with Gasteiger partial charge in [-0.1, -0.05) is 48.5 Å². The van der Waals surface area contributed by atoms with Gasteiger partial charge in [0.1, 0.15) is 5.82 Å². The van der Waals surface area contributed by atoms with Crippen LogP contribution in [0, 0.1) is 6.92 Å². The molecule has 0 radical (unpaired) electrons. The lowest BCUT2D eigenvalue weighted by atomic mass is 9.99. The fourth-order valence-electron chi connectivity index (χ4n) is 4.65. The van der Waals surface area contributed by atoms with Crippen molar-refractivity contribution in [2.24, 2.45) is 5.73 Å². The number of hydrogen-bond donors (Lipinski definition) is 2. The molecule has 0 unspecified atom stereocenters. The van der Waals surface area contributed by atoms with Crippen LogP contribution in [0.3, 0.4) is 0 Å². The zero-order valence-corrected chi connectivity index (χ0v) is 21.0. The van der Waals surface area contributed by atoms with Crippen molar-refractivity contribution in [2.45, 2.75) is 26.3 Å². The van der Waals surface area contributed by atoms with Gasteiger partial charge >= 0.3 is 0 Å². The summed E-state index contributed by atoms with van der Waals surface area (Å²) in [6.45, 7) is 6.20. The minimum Gasteiger partial charge on any atom is -0.363 e. The Morgan fingerprint density at radius 3 is 2.11 bits per heavy atom. The number of benzene rings is 3. The summed E-state index contributed by atoms with van der Waals surface area (Å²) < 4.78 is 1.61. The third-order valence-electron chi connectivity index (χ3n) is 6.65. The van der Waals surface area contributed by atoms with Gasteiger partial charge in [-0.25, -0.2) is 9.67 Å². The van der Waals surface area contributed by atoms with Gasteiger partial charge in [0, 0.05) is 31.2 Å². The van der Waals surface area contributed by atoms with Crippen LogP contribution in [0.2, 0.25) is 0 Å². The highest BCUT2D eigenvalue weighted by Gasteiger charge is 2.21. The average Bonchev–Trinajstić information content (AvgIpc) is 3.31. The van der Waals surface area contributed by atoms with Gasteiger partial charge in [-0.2, -0.15) is 0 Å². The Morgan fingerprint density at radius 2 is 1.54 bits per heavy atom. The van der Waals surface area contributed by atoms with E-state index in [-0.39, 0.29) is 11.7 Å². The van der Waals surface area contributed by atoms with E-state index in [1.807, 2.05) is 53.4 Å². The monoisotopic (exact) mass is 494 g/mol. The Bertz CT molecular complexity index is 1410. The van der Waals surface area contributed by atoms with E-state index in [1.54, 1.807) is 11.6 Å². The van der Waals surface area contributed by atoms with Crippen LogP contribution in [-0.2, 0) is 6.42 Å².